The molecule has 1 unspecified atom stereocenters. The summed E-state index contributed by atoms with van der Waals surface area (Å²) < 4.78 is 26.8. The second-order valence-electron chi connectivity index (χ2n) is 6.11. The standard InChI is InChI=1S/C15H25N3O2S/c1-13(2)9-17-10-14-5-4-8-18(12-14)21(19,20)15-6-3-7-16-11-15/h3,6-7,11,13-14,17H,4-5,8-10,12H2,1-2H3. The van der Waals surface area contributed by atoms with Crippen LogP contribution in [0.2, 0.25) is 0 Å². The van der Waals surface area contributed by atoms with Gasteiger partial charge in [-0.15, -0.1) is 0 Å². The molecule has 21 heavy (non-hydrogen) atoms. The first-order valence-electron chi connectivity index (χ1n) is 7.61. The summed E-state index contributed by atoms with van der Waals surface area (Å²) in [5, 5.41) is 3.43. The van der Waals surface area contributed by atoms with Crippen LogP contribution in [0.4, 0.5) is 0 Å². The number of nitrogens with zero attached hydrogens (tertiary/aromatic N) is 2. The van der Waals surface area contributed by atoms with E-state index in [0.717, 1.165) is 25.9 Å². The van der Waals surface area contributed by atoms with E-state index in [1.165, 1.54) is 6.20 Å². The third-order valence-corrected chi connectivity index (χ3v) is 5.59. The first kappa shape index (κ1) is 16.4. The quantitative estimate of drug-likeness (QED) is 0.869. The zero-order chi connectivity index (χ0) is 15.3. The molecule has 2 rings (SSSR count). The summed E-state index contributed by atoms with van der Waals surface area (Å²) in [4.78, 5) is 4.21. The maximum Gasteiger partial charge on any atom is 0.244 e. The fourth-order valence-corrected chi connectivity index (χ4v) is 4.16. The Kier molecular flexibility index (Phi) is 5.72. The topological polar surface area (TPSA) is 62.3 Å². The molecule has 0 spiro atoms. The van der Waals surface area contributed by atoms with Crippen molar-refractivity contribution in [3.63, 3.8) is 0 Å². The molecule has 2 heterocycles. The van der Waals surface area contributed by atoms with Crippen molar-refractivity contribution in [3.8, 4) is 0 Å². The van der Waals surface area contributed by atoms with Crippen LogP contribution in [0.3, 0.4) is 0 Å². The van der Waals surface area contributed by atoms with Gasteiger partial charge in [0.2, 0.25) is 10.0 Å². The first-order valence-corrected chi connectivity index (χ1v) is 9.05. The maximum atomic E-state index is 12.6. The lowest BCUT2D eigenvalue weighted by Gasteiger charge is -2.32. The summed E-state index contributed by atoms with van der Waals surface area (Å²) in [6.07, 6.45) is 5.03. The Morgan fingerprint density at radius 2 is 2.29 bits per heavy atom. The minimum absolute atomic E-state index is 0.292. The van der Waals surface area contributed by atoms with E-state index in [9.17, 15) is 8.42 Å². The molecule has 0 amide bonds. The number of hydrogen-bond donors (Lipinski definition) is 1. The Labute approximate surface area is 127 Å². The normalized spacial score (nSPS) is 20.8. The van der Waals surface area contributed by atoms with E-state index >= 15 is 0 Å². The molecule has 1 atom stereocenters. The van der Waals surface area contributed by atoms with E-state index in [-0.39, 0.29) is 0 Å². The zero-order valence-electron chi connectivity index (χ0n) is 12.8. The lowest BCUT2D eigenvalue weighted by atomic mass is 9.99. The van der Waals surface area contributed by atoms with E-state index in [4.69, 9.17) is 0 Å². The molecule has 0 aliphatic carbocycles. The lowest BCUT2D eigenvalue weighted by Crippen LogP contribution is -2.43. The predicted octanol–water partition coefficient (Wildman–Crippen LogP) is 1.73. The van der Waals surface area contributed by atoms with Crippen LogP contribution in [0, 0.1) is 11.8 Å². The highest BCUT2D eigenvalue weighted by atomic mass is 32.2. The minimum atomic E-state index is -3.39. The fourth-order valence-electron chi connectivity index (χ4n) is 2.64. The van der Waals surface area contributed by atoms with Crippen LogP contribution in [0.15, 0.2) is 29.4 Å². The number of sulfonamides is 1. The van der Waals surface area contributed by atoms with Crippen LogP contribution in [0.25, 0.3) is 0 Å². The van der Waals surface area contributed by atoms with Gasteiger partial charge in [-0.2, -0.15) is 4.31 Å². The van der Waals surface area contributed by atoms with Gasteiger partial charge in [-0.1, -0.05) is 13.8 Å². The molecular formula is C15H25N3O2S. The lowest BCUT2D eigenvalue weighted by molar-refractivity contribution is 0.258. The second-order valence-corrected chi connectivity index (χ2v) is 8.05. The van der Waals surface area contributed by atoms with Gasteiger partial charge in [-0.05, 0) is 49.9 Å². The van der Waals surface area contributed by atoms with Crippen molar-refractivity contribution >= 4 is 10.0 Å². The largest absolute Gasteiger partial charge is 0.316 e. The highest BCUT2D eigenvalue weighted by Gasteiger charge is 2.30. The summed E-state index contributed by atoms with van der Waals surface area (Å²) in [6, 6.07) is 3.28. The van der Waals surface area contributed by atoms with Crippen LogP contribution >= 0.6 is 0 Å². The Hall–Kier alpha value is -0.980. The molecule has 1 saturated heterocycles. The fraction of sp³-hybridized carbons (Fsp3) is 0.667. The Morgan fingerprint density at radius 3 is 2.95 bits per heavy atom. The molecule has 118 valence electrons. The number of aromatic nitrogens is 1. The molecule has 1 aliphatic heterocycles. The van der Waals surface area contributed by atoms with Crippen molar-refractivity contribution in [2.75, 3.05) is 26.2 Å². The van der Waals surface area contributed by atoms with Crippen molar-refractivity contribution < 1.29 is 8.42 Å². The summed E-state index contributed by atoms with van der Waals surface area (Å²) in [7, 11) is -3.39. The molecule has 1 aromatic heterocycles. The molecule has 0 bridgehead atoms. The van der Waals surface area contributed by atoms with E-state index < -0.39 is 10.0 Å². The van der Waals surface area contributed by atoms with E-state index in [1.807, 2.05) is 0 Å². The van der Waals surface area contributed by atoms with Crippen molar-refractivity contribution in [3.05, 3.63) is 24.5 Å². The van der Waals surface area contributed by atoms with Gasteiger partial charge in [0.15, 0.2) is 0 Å². The van der Waals surface area contributed by atoms with Gasteiger partial charge in [-0.3, -0.25) is 4.98 Å². The molecule has 6 heteroatoms. The van der Waals surface area contributed by atoms with Crippen molar-refractivity contribution in [1.29, 1.82) is 0 Å². The van der Waals surface area contributed by atoms with Gasteiger partial charge >= 0.3 is 0 Å². The van der Waals surface area contributed by atoms with Crippen molar-refractivity contribution in [2.45, 2.75) is 31.6 Å². The van der Waals surface area contributed by atoms with Gasteiger partial charge in [-0.25, -0.2) is 8.42 Å². The Bertz CT molecular complexity index is 531. The summed E-state index contributed by atoms with van der Waals surface area (Å²) >= 11 is 0. The van der Waals surface area contributed by atoms with Gasteiger partial charge in [0.25, 0.3) is 0 Å². The van der Waals surface area contributed by atoms with Crippen LogP contribution in [-0.2, 0) is 10.0 Å². The highest BCUT2D eigenvalue weighted by Crippen LogP contribution is 2.22. The summed E-state index contributed by atoms with van der Waals surface area (Å²) in [5.74, 6) is 1.01. The SMILES string of the molecule is CC(C)CNCC1CCCN(S(=O)(=O)c2cccnc2)C1. The van der Waals surface area contributed by atoms with Crippen LogP contribution < -0.4 is 5.32 Å². The molecule has 1 N–H and O–H groups in total. The van der Waals surface area contributed by atoms with E-state index in [0.29, 0.717) is 29.8 Å². The Balaban J connectivity index is 1.97. The molecule has 1 fully saturated rings. The highest BCUT2D eigenvalue weighted by molar-refractivity contribution is 7.89. The third kappa shape index (κ3) is 4.49. The van der Waals surface area contributed by atoms with Crippen LogP contribution in [0.1, 0.15) is 26.7 Å². The van der Waals surface area contributed by atoms with Crippen LogP contribution in [-0.4, -0.2) is 43.9 Å². The van der Waals surface area contributed by atoms with Gasteiger partial charge in [0.1, 0.15) is 4.90 Å². The van der Waals surface area contributed by atoms with Gasteiger partial charge in [0.05, 0.1) is 0 Å². The monoisotopic (exact) mass is 311 g/mol. The average molecular weight is 311 g/mol. The van der Waals surface area contributed by atoms with E-state index in [2.05, 4.69) is 24.1 Å². The molecule has 0 saturated carbocycles. The summed E-state index contributed by atoms with van der Waals surface area (Å²) in [5.41, 5.74) is 0. The third-order valence-electron chi connectivity index (χ3n) is 3.74. The van der Waals surface area contributed by atoms with Crippen molar-refractivity contribution in [1.82, 2.24) is 14.6 Å². The van der Waals surface area contributed by atoms with Crippen LogP contribution in [0.5, 0.6) is 0 Å². The van der Waals surface area contributed by atoms with E-state index in [1.54, 1.807) is 22.6 Å². The number of rotatable bonds is 6. The smallest absolute Gasteiger partial charge is 0.244 e. The molecule has 5 nitrogen and oxygen atoms in total. The number of hydrogen-bond acceptors (Lipinski definition) is 4. The molecule has 0 radical (unpaired) electrons. The van der Waals surface area contributed by atoms with Gasteiger partial charge < -0.3 is 5.32 Å². The number of piperidine rings is 1. The number of nitrogens with one attached hydrogen (secondary N) is 1. The molecule has 0 aromatic carbocycles. The van der Waals surface area contributed by atoms with Gasteiger partial charge in [0, 0.05) is 25.5 Å². The number of pyridine rings is 1. The predicted molar refractivity (Wildman–Crippen MR) is 83.4 cm³/mol. The molecule has 1 aliphatic rings. The molecular weight excluding hydrogens is 286 g/mol. The molecule has 1 aromatic rings. The second kappa shape index (κ2) is 7.33. The minimum Gasteiger partial charge on any atom is -0.316 e. The maximum absolute atomic E-state index is 12.6. The summed E-state index contributed by atoms with van der Waals surface area (Å²) in [6.45, 7) is 7.42. The first-order chi connectivity index (χ1) is 10.00. The Morgan fingerprint density at radius 1 is 1.48 bits per heavy atom. The zero-order valence-corrected chi connectivity index (χ0v) is 13.6. The van der Waals surface area contributed by atoms with Crippen molar-refractivity contribution in [2.24, 2.45) is 11.8 Å². The average Bonchev–Trinajstić information content (AvgIpc) is 2.48.